The molecule has 0 fully saturated rings. The van der Waals surface area contributed by atoms with Crippen LogP contribution in [-0.2, 0) is 43.5 Å². The Kier molecular flexibility index (Phi) is 9.15. The second kappa shape index (κ2) is 12.4. The fourth-order valence-corrected chi connectivity index (χ4v) is 8.01. The number of anilines is 1. The van der Waals surface area contributed by atoms with Gasteiger partial charge in [-0.1, -0.05) is 17.8 Å². The maximum atomic E-state index is 12.8. The Labute approximate surface area is 237 Å². The van der Waals surface area contributed by atoms with Gasteiger partial charge in [-0.3, -0.25) is 19.7 Å². The lowest BCUT2D eigenvalue weighted by atomic mass is 10.1. The van der Waals surface area contributed by atoms with Crippen molar-refractivity contribution in [2.45, 2.75) is 52.5 Å². The molecule has 12 nitrogen and oxygen atoms in total. The number of aromatic nitrogens is 1. The fourth-order valence-electron chi connectivity index (χ4n) is 4.56. The molecule has 0 radical (unpaired) electrons. The average molecular weight is 609 g/mol. The van der Waals surface area contributed by atoms with Crippen LogP contribution in [0.1, 0.15) is 53.9 Å². The van der Waals surface area contributed by atoms with Crippen LogP contribution < -0.4 is 10.1 Å². The van der Waals surface area contributed by atoms with Gasteiger partial charge in [-0.25, -0.2) is 13.2 Å². The number of benzene rings is 1. The van der Waals surface area contributed by atoms with Gasteiger partial charge in [0.2, 0.25) is 5.91 Å². The van der Waals surface area contributed by atoms with E-state index in [4.69, 9.17) is 4.74 Å². The number of non-ortho nitro benzene ring substituents is 1. The lowest BCUT2D eigenvalue weighted by molar-refractivity contribution is -0.384. The molecule has 0 saturated carbocycles. The van der Waals surface area contributed by atoms with Gasteiger partial charge in [0.05, 0.1) is 27.3 Å². The van der Waals surface area contributed by atoms with Crippen LogP contribution in [0, 0.1) is 10.1 Å². The van der Waals surface area contributed by atoms with E-state index in [1.54, 1.807) is 24.5 Å². The Morgan fingerprint density at radius 1 is 1.12 bits per heavy atom. The Morgan fingerprint density at radius 2 is 1.88 bits per heavy atom. The molecule has 40 heavy (non-hydrogen) atoms. The zero-order valence-corrected chi connectivity index (χ0v) is 24.4. The van der Waals surface area contributed by atoms with Gasteiger partial charge in [0.1, 0.15) is 16.5 Å². The van der Waals surface area contributed by atoms with Crippen molar-refractivity contribution >= 4 is 71.2 Å². The first-order chi connectivity index (χ1) is 19.0. The third-order valence-electron chi connectivity index (χ3n) is 6.26. The molecule has 4 rings (SSSR count). The molecular weight excluding hydrogens is 580 g/mol. The van der Waals surface area contributed by atoms with Crippen LogP contribution >= 0.6 is 22.7 Å². The Morgan fingerprint density at radius 3 is 2.58 bits per heavy atom. The summed E-state index contributed by atoms with van der Waals surface area (Å²) in [5.41, 5.74) is 1.62. The number of nitro groups is 1. The van der Waals surface area contributed by atoms with Crippen molar-refractivity contribution in [3.05, 3.63) is 49.1 Å². The number of thiazole rings is 1. The van der Waals surface area contributed by atoms with Gasteiger partial charge < -0.3 is 14.6 Å². The molecule has 0 unspecified atom stereocenters. The van der Waals surface area contributed by atoms with Crippen LogP contribution in [0.25, 0.3) is 10.2 Å². The number of carbonyl (C=O) groups is 3. The van der Waals surface area contributed by atoms with Gasteiger partial charge in [0.25, 0.3) is 11.6 Å². The molecule has 3 aromatic rings. The van der Waals surface area contributed by atoms with Crippen LogP contribution in [0.15, 0.2) is 23.2 Å². The van der Waals surface area contributed by atoms with Gasteiger partial charge in [-0.15, -0.1) is 11.3 Å². The highest BCUT2D eigenvalue weighted by Gasteiger charge is 2.28. The van der Waals surface area contributed by atoms with Crippen molar-refractivity contribution < 1.29 is 32.5 Å². The van der Waals surface area contributed by atoms with Crippen molar-refractivity contribution in [1.29, 1.82) is 0 Å². The van der Waals surface area contributed by atoms with Crippen molar-refractivity contribution in [2.75, 3.05) is 23.4 Å². The van der Waals surface area contributed by atoms with Crippen molar-refractivity contribution in [2.24, 2.45) is 4.99 Å². The fraction of sp³-hybridized carbons (Fsp3) is 0.440. The number of rotatable bonds is 9. The molecule has 0 aliphatic heterocycles. The Bertz CT molecular complexity index is 1670. The van der Waals surface area contributed by atoms with Crippen molar-refractivity contribution in [1.82, 2.24) is 4.57 Å². The summed E-state index contributed by atoms with van der Waals surface area (Å²) >= 11 is 2.28. The number of aryl methyl sites for hydroxylation is 2. The van der Waals surface area contributed by atoms with Crippen molar-refractivity contribution in [3.63, 3.8) is 0 Å². The number of nitrogens with zero attached hydrogens (tertiary/aromatic N) is 3. The largest absolute Gasteiger partial charge is 0.462 e. The van der Waals surface area contributed by atoms with E-state index in [1.807, 2.05) is 0 Å². The SMILES string of the molecule is CCOC(=O)c1c(NC(=O)CS(=O)(=O)CC(=O)N=c2sc3cc([N+](=O)[O-])ccc3n2CC)sc2c1CCCCC2. The summed E-state index contributed by atoms with van der Waals surface area (Å²) in [5.74, 6) is -4.36. The molecule has 2 heterocycles. The minimum atomic E-state index is -4.20. The summed E-state index contributed by atoms with van der Waals surface area (Å²) in [6, 6.07) is 4.26. The lowest BCUT2D eigenvalue weighted by Gasteiger charge is -2.08. The lowest BCUT2D eigenvalue weighted by Crippen LogP contribution is -2.28. The van der Waals surface area contributed by atoms with Crippen LogP contribution in [-0.4, -0.2) is 53.8 Å². The number of hydrogen-bond donors (Lipinski definition) is 1. The molecule has 0 bridgehead atoms. The highest BCUT2D eigenvalue weighted by molar-refractivity contribution is 7.92. The van der Waals surface area contributed by atoms with E-state index < -0.39 is 44.0 Å². The number of esters is 1. The topological polar surface area (TPSA) is 167 Å². The van der Waals surface area contributed by atoms with Crippen LogP contribution in [0.2, 0.25) is 0 Å². The smallest absolute Gasteiger partial charge is 0.341 e. The van der Waals surface area contributed by atoms with E-state index in [2.05, 4.69) is 10.3 Å². The number of amides is 2. The Balaban J connectivity index is 1.51. The quantitative estimate of drug-likeness (QED) is 0.166. The normalized spacial score (nSPS) is 14.0. The predicted molar refractivity (Wildman–Crippen MR) is 152 cm³/mol. The molecule has 0 spiro atoms. The minimum Gasteiger partial charge on any atom is -0.462 e. The van der Waals surface area contributed by atoms with Crippen LogP contribution in [0.3, 0.4) is 0 Å². The summed E-state index contributed by atoms with van der Waals surface area (Å²) in [4.78, 5) is 53.7. The number of hydrogen-bond acceptors (Lipinski definition) is 10. The van der Waals surface area contributed by atoms with E-state index in [0.717, 1.165) is 47.5 Å². The summed E-state index contributed by atoms with van der Waals surface area (Å²) in [6.07, 6.45) is 4.32. The maximum Gasteiger partial charge on any atom is 0.341 e. The average Bonchev–Trinajstić information content (AvgIpc) is 3.29. The molecule has 1 N–H and O–H groups in total. The summed E-state index contributed by atoms with van der Waals surface area (Å²) in [6.45, 7) is 4.03. The van der Waals surface area contributed by atoms with Gasteiger partial charge in [-0.05, 0) is 51.2 Å². The van der Waals surface area contributed by atoms with Crippen LogP contribution in [0.5, 0.6) is 0 Å². The number of sulfone groups is 1. The number of ether oxygens (including phenoxy) is 1. The zero-order chi connectivity index (χ0) is 29.0. The van der Waals surface area contributed by atoms with Gasteiger partial charge in [0, 0.05) is 23.6 Å². The third-order valence-corrected chi connectivity index (χ3v) is 9.90. The van der Waals surface area contributed by atoms with Crippen molar-refractivity contribution in [3.8, 4) is 0 Å². The first-order valence-electron chi connectivity index (χ1n) is 12.7. The molecular formula is C25H28N4O8S3. The van der Waals surface area contributed by atoms with E-state index in [-0.39, 0.29) is 27.7 Å². The molecule has 2 aromatic heterocycles. The molecule has 1 aliphatic carbocycles. The van der Waals surface area contributed by atoms with E-state index in [0.29, 0.717) is 23.2 Å². The third kappa shape index (κ3) is 6.64. The molecule has 0 atom stereocenters. The Hall–Kier alpha value is -3.43. The molecule has 214 valence electrons. The first kappa shape index (κ1) is 29.6. The molecule has 0 saturated heterocycles. The number of thiophene rings is 1. The van der Waals surface area contributed by atoms with Crippen LogP contribution in [0.4, 0.5) is 10.7 Å². The second-order valence-electron chi connectivity index (χ2n) is 9.11. The summed E-state index contributed by atoms with van der Waals surface area (Å²) in [5, 5.41) is 13.9. The maximum absolute atomic E-state index is 12.8. The van der Waals surface area contributed by atoms with Gasteiger partial charge in [0.15, 0.2) is 14.6 Å². The van der Waals surface area contributed by atoms with E-state index in [1.165, 1.54) is 23.5 Å². The molecule has 15 heteroatoms. The first-order valence-corrected chi connectivity index (χ1v) is 16.2. The molecule has 1 aliphatic rings. The number of nitro benzene ring substituents is 1. The highest BCUT2D eigenvalue weighted by Crippen LogP contribution is 2.38. The number of carbonyl (C=O) groups excluding carboxylic acids is 3. The monoisotopic (exact) mass is 608 g/mol. The molecule has 1 aromatic carbocycles. The predicted octanol–water partition coefficient (Wildman–Crippen LogP) is 3.62. The number of nitrogens with one attached hydrogen (secondary N) is 1. The van der Waals surface area contributed by atoms with E-state index >= 15 is 0 Å². The zero-order valence-electron chi connectivity index (χ0n) is 21.9. The standard InChI is InChI=1S/C25H28N4O8S3/c1-3-28-17-11-10-15(29(33)34)12-19(17)39-25(28)27-21(31)14-40(35,36)13-20(30)26-23-22(24(32)37-4-2)16-8-6-5-7-9-18(16)38-23/h10-12H,3-9,13-14H2,1-2H3,(H,26,30). The second-order valence-corrected chi connectivity index (χ2v) is 13.3. The summed E-state index contributed by atoms with van der Waals surface area (Å²) in [7, 11) is -4.20. The summed E-state index contributed by atoms with van der Waals surface area (Å²) < 4.78 is 32.8. The molecule has 2 amide bonds. The number of fused-ring (bicyclic) bond motifs is 2. The minimum absolute atomic E-state index is 0.114. The van der Waals surface area contributed by atoms with Gasteiger partial charge >= 0.3 is 5.97 Å². The highest BCUT2D eigenvalue weighted by atomic mass is 32.2. The van der Waals surface area contributed by atoms with Gasteiger partial charge in [-0.2, -0.15) is 4.99 Å². The van der Waals surface area contributed by atoms with E-state index in [9.17, 15) is 32.9 Å².